The molecule has 0 amide bonds. The highest BCUT2D eigenvalue weighted by Gasteiger charge is 2.22. The van der Waals surface area contributed by atoms with Crippen molar-refractivity contribution >= 4 is 0 Å². The molecule has 0 fully saturated rings. The van der Waals surface area contributed by atoms with Crippen LogP contribution in [0.25, 0.3) is 0 Å². The molecule has 0 aliphatic heterocycles. The Balaban J connectivity index is 2.53. The maximum atomic E-state index is 14.0. The van der Waals surface area contributed by atoms with Gasteiger partial charge in [-0.1, -0.05) is 12.1 Å². The van der Waals surface area contributed by atoms with Gasteiger partial charge in [-0.25, -0.2) is 8.78 Å². The third kappa shape index (κ3) is 2.04. The molecule has 0 radical (unpaired) electrons. The summed E-state index contributed by atoms with van der Waals surface area (Å²) in [5.41, 5.74) is 1.39. The van der Waals surface area contributed by atoms with Gasteiger partial charge in [-0.15, -0.1) is 0 Å². The largest absolute Gasteiger partial charge is 0.469 e. The van der Waals surface area contributed by atoms with Crippen LogP contribution in [0.3, 0.4) is 0 Å². The smallest absolute Gasteiger partial charge is 0.164 e. The second kappa shape index (κ2) is 4.90. The third-order valence-corrected chi connectivity index (χ3v) is 3.11. The van der Waals surface area contributed by atoms with E-state index in [2.05, 4.69) is 5.32 Å². The van der Waals surface area contributed by atoms with Crippen molar-refractivity contribution in [2.45, 2.75) is 19.9 Å². The van der Waals surface area contributed by atoms with Crippen molar-refractivity contribution in [2.24, 2.45) is 0 Å². The van der Waals surface area contributed by atoms with Crippen LogP contribution in [0.1, 0.15) is 28.5 Å². The Labute approximate surface area is 105 Å². The number of hydrogen-bond donors (Lipinski definition) is 1. The number of nitrogens with one attached hydrogen (secondary N) is 1. The minimum absolute atomic E-state index is 0.283. The van der Waals surface area contributed by atoms with Crippen molar-refractivity contribution in [2.75, 3.05) is 7.05 Å². The molecule has 0 aliphatic rings. The molecule has 2 rings (SSSR count). The monoisotopic (exact) mass is 251 g/mol. The molecule has 1 aromatic carbocycles. The van der Waals surface area contributed by atoms with Crippen molar-refractivity contribution in [3.63, 3.8) is 0 Å². The van der Waals surface area contributed by atoms with Gasteiger partial charge in [0.1, 0.15) is 5.76 Å². The van der Waals surface area contributed by atoms with Crippen LogP contribution in [0.4, 0.5) is 8.78 Å². The molecule has 1 atom stereocenters. The molecule has 18 heavy (non-hydrogen) atoms. The van der Waals surface area contributed by atoms with Crippen molar-refractivity contribution in [1.82, 2.24) is 5.32 Å². The van der Waals surface area contributed by atoms with Gasteiger partial charge in [0.15, 0.2) is 11.6 Å². The summed E-state index contributed by atoms with van der Waals surface area (Å²) in [7, 11) is 1.70. The van der Waals surface area contributed by atoms with E-state index in [-0.39, 0.29) is 5.56 Å². The van der Waals surface area contributed by atoms with Gasteiger partial charge < -0.3 is 9.73 Å². The highest BCUT2D eigenvalue weighted by molar-refractivity contribution is 5.36. The first-order chi connectivity index (χ1) is 8.56. The van der Waals surface area contributed by atoms with Gasteiger partial charge in [0.2, 0.25) is 0 Å². The summed E-state index contributed by atoms with van der Waals surface area (Å²) < 4.78 is 32.8. The first-order valence-corrected chi connectivity index (χ1v) is 5.72. The van der Waals surface area contributed by atoms with E-state index < -0.39 is 17.7 Å². The van der Waals surface area contributed by atoms with E-state index in [1.807, 2.05) is 0 Å². The van der Waals surface area contributed by atoms with Crippen LogP contribution in [-0.2, 0) is 0 Å². The fraction of sp³-hybridized carbons (Fsp3) is 0.286. The zero-order chi connectivity index (χ0) is 13.3. The molecule has 0 saturated carbocycles. The fourth-order valence-electron chi connectivity index (χ4n) is 2.06. The Bertz CT molecular complexity index is 563. The Morgan fingerprint density at radius 1 is 1.06 bits per heavy atom. The molecular weight excluding hydrogens is 236 g/mol. The lowest BCUT2D eigenvalue weighted by atomic mass is 9.97. The Morgan fingerprint density at radius 3 is 2.33 bits per heavy atom. The average molecular weight is 251 g/mol. The molecule has 1 unspecified atom stereocenters. The number of rotatable bonds is 3. The maximum Gasteiger partial charge on any atom is 0.164 e. The molecular formula is C14H15F2NO. The third-order valence-electron chi connectivity index (χ3n) is 3.11. The lowest BCUT2D eigenvalue weighted by molar-refractivity contribution is 0.479. The molecule has 96 valence electrons. The Hall–Kier alpha value is -1.68. The average Bonchev–Trinajstić information content (AvgIpc) is 2.77. The van der Waals surface area contributed by atoms with Crippen LogP contribution in [0.5, 0.6) is 0 Å². The van der Waals surface area contributed by atoms with Crippen molar-refractivity contribution < 1.29 is 13.2 Å². The summed E-state index contributed by atoms with van der Waals surface area (Å²) in [6, 6.07) is 4.52. The van der Waals surface area contributed by atoms with Crippen LogP contribution in [0.15, 0.2) is 28.9 Å². The van der Waals surface area contributed by atoms with Crippen LogP contribution < -0.4 is 5.32 Å². The van der Waals surface area contributed by atoms with Crippen molar-refractivity contribution in [3.8, 4) is 0 Å². The molecule has 1 aromatic heterocycles. The van der Waals surface area contributed by atoms with E-state index in [0.29, 0.717) is 11.3 Å². The predicted octanol–water partition coefficient (Wildman–Crippen LogP) is 3.48. The molecule has 0 saturated heterocycles. The molecule has 4 heteroatoms. The molecule has 1 heterocycles. The molecule has 0 spiro atoms. The van der Waals surface area contributed by atoms with Gasteiger partial charge in [0.25, 0.3) is 0 Å². The first kappa shape index (κ1) is 12.8. The lowest BCUT2D eigenvalue weighted by Crippen LogP contribution is -2.20. The summed E-state index contributed by atoms with van der Waals surface area (Å²) >= 11 is 0. The minimum Gasteiger partial charge on any atom is -0.469 e. The zero-order valence-corrected chi connectivity index (χ0v) is 10.6. The summed E-state index contributed by atoms with van der Waals surface area (Å²) in [5, 5.41) is 2.98. The molecule has 2 aromatic rings. The minimum atomic E-state index is -0.810. The number of halogens is 2. The van der Waals surface area contributed by atoms with Gasteiger partial charge in [-0.2, -0.15) is 0 Å². The van der Waals surface area contributed by atoms with Gasteiger partial charge in [-0.05, 0) is 32.5 Å². The van der Waals surface area contributed by atoms with E-state index >= 15 is 0 Å². The number of hydrogen-bond acceptors (Lipinski definition) is 2. The number of benzene rings is 1. The quantitative estimate of drug-likeness (QED) is 0.903. The highest BCUT2D eigenvalue weighted by atomic mass is 19.2. The van der Waals surface area contributed by atoms with Crippen LogP contribution in [0, 0.1) is 25.5 Å². The second-order valence-electron chi connectivity index (χ2n) is 4.25. The van der Waals surface area contributed by atoms with E-state index in [9.17, 15) is 8.78 Å². The molecule has 0 bridgehead atoms. The van der Waals surface area contributed by atoms with Crippen LogP contribution in [-0.4, -0.2) is 7.05 Å². The predicted molar refractivity (Wildman–Crippen MR) is 65.4 cm³/mol. The van der Waals surface area contributed by atoms with Gasteiger partial charge in [0, 0.05) is 11.1 Å². The van der Waals surface area contributed by atoms with Crippen LogP contribution in [0.2, 0.25) is 0 Å². The fourth-order valence-corrected chi connectivity index (χ4v) is 2.06. The zero-order valence-electron chi connectivity index (χ0n) is 10.6. The Kier molecular flexibility index (Phi) is 3.48. The van der Waals surface area contributed by atoms with Crippen molar-refractivity contribution in [1.29, 1.82) is 0 Å². The first-order valence-electron chi connectivity index (χ1n) is 5.72. The van der Waals surface area contributed by atoms with E-state index in [1.165, 1.54) is 6.26 Å². The van der Waals surface area contributed by atoms with Gasteiger partial charge in [-0.3, -0.25) is 0 Å². The summed E-state index contributed by atoms with van der Waals surface area (Å²) in [5.74, 6) is -0.918. The molecule has 0 aliphatic carbocycles. The normalized spacial score (nSPS) is 12.7. The highest BCUT2D eigenvalue weighted by Crippen LogP contribution is 2.29. The van der Waals surface area contributed by atoms with Gasteiger partial charge >= 0.3 is 0 Å². The number of aryl methyl sites for hydroxylation is 2. The topological polar surface area (TPSA) is 25.2 Å². The number of furan rings is 1. The molecule has 2 nitrogen and oxygen atoms in total. The Morgan fingerprint density at radius 2 is 1.78 bits per heavy atom. The summed E-state index contributed by atoms with van der Waals surface area (Å²) in [4.78, 5) is 0. The second-order valence-corrected chi connectivity index (χ2v) is 4.25. The van der Waals surface area contributed by atoms with Crippen molar-refractivity contribution in [3.05, 3.63) is 58.5 Å². The molecule has 1 N–H and O–H groups in total. The lowest BCUT2D eigenvalue weighted by Gasteiger charge is -2.17. The van der Waals surface area contributed by atoms with E-state index in [0.717, 1.165) is 5.56 Å². The SMILES string of the molecule is CNC(c1ccoc1C)c1ccc(C)c(F)c1F. The van der Waals surface area contributed by atoms with Crippen LogP contribution >= 0.6 is 0 Å². The summed E-state index contributed by atoms with van der Waals surface area (Å²) in [6.45, 7) is 3.34. The van der Waals surface area contributed by atoms with E-state index in [1.54, 1.807) is 39.1 Å². The van der Waals surface area contributed by atoms with Gasteiger partial charge in [0.05, 0.1) is 12.3 Å². The summed E-state index contributed by atoms with van der Waals surface area (Å²) in [6.07, 6.45) is 1.54. The standard InChI is InChI=1S/C14H15F2NO/c1-8-4-5-11(13(16)12(8)15)14(17-3)10-6-7-18-9(10)2/h4-7,14,17H,1-3H3. The van der Waals surface area contributed by atoms with E-state index in [4.69, 9.17) is 4.42 Å². The maximum absolute atomic E-state index is 14.0.